The average Bonchev–Trinajstić information content (AvgIpc) is 2.49. The van der Waals surface area contributed by atoms with Gasteiger partial charge in [0.05, 0.1) is 14.1 Å². The standard InChI is InChI=1S/C19H25N3S/c1-14-9-10-15(2)18(11-14)21-19(23)20-12-16-7-5-6-8-17(16)13-22(3)4/h5-11H,12-13H2,1-4H3,(H2,20,21,23)/p+1. The lowest BCUT2D eigenvalue weighted by Crippen LogP contribution is -3.04. The molecule has 122 valence electrons. The molecule has 0 amide bonds. The highest BCUT2D eigenvalue weighted by atomic mass is 32.1. The summed E-state index contributed by atoms with van der Waals surface area (Å²) in [6.07, 6.45) is 0. The molecule has 0 atom stereocenters. The van der Waals surface area contributed by atoms with E-state index in [2.05, 4.69) is 81.0 Å². The largest absolute Gasteiger partial charge is 0.358 e. The van der Waals surface area contributed by atoms with E-state index >= 15 is 0 Å². The Morgan fingerprint density at radius 3 is 2.43 bits per heavy atom. The molecule has 2 aromatic rings. The molecule has 0 saturated heterocycles. The van der Waals surface area contributed by atoms with Crippen molar-refractivity contribution in [1.82, 2.24) is 5.32 Å². The van der Waals surface area contributed by atoms with E-state index in [1.807, 2.05) is 0 Å². The molecule has 0 spiro atoms. The van der Waals surface area contributed by atoms with Crippen molar-refractivity contribution < 1.29 is 4.90 Å². The SMILES string of the molecule is Cc1ccc(C)c(NC(=S)NCc2ccccc2C[NH+](C)C)c1. The highest BCUT2D eigenvalue weighted by molar-refractivity contribution is 7.80. The summed E-state index contributed by atoms with van der Waals surface area (Å²) in [5, 5.41) is 7.27. The molecule has 0 unspecified atom stereocenters. The van der Waals surface area contributed by atoms with Gasteiger partial charge in [-0.2, -0.15) is 0 Å². The summed E-state index contributed by atoms with van der Waals surface area (Å²) in [7, 11) is 4.33. The molecule has 0 saturated carbocycles. The zero-order chi connectivity index (χ0) is 16.8. The second kappa shape index (κ2) is 8.09. The summed E-state index contributed by atoms with van der Waals surface area (Å²) in [6.45, 7) is 5.91. The first-order valence-electron chi connectivity index (χ1n) is 7.93. The number of benzene rings is 2. The Morgan fingerprint density at radius 1 is 1.04 bits per heavy atom. The van der Waals surface area contributed by atoms with Gasteiger partial charge in [-0.25, -0.2) is 0 Å². The van der Waals surface area contributed by atoms with E-state index < -0.39 is 0 Å². The van der Waals surface area contributed by atoms with Crippen molar-refractivity contribution in [2.45, 2.75) is 26.9 Å². The highest BCUT2D eigenvalue weighted by Crippen LogP contribution is 2.16. The molecule has 2 aromatic carbocycles. The van der Waals surface area contributed by atoms with Crippen molar-refractivity contribution in [3.8, 4) is 0 Å². The molecule has 0 aliphatic carbocycles. The van der Waals surface area contributed by atoms with E-state index in [0.29, 0.717) is 5.11 Å². The molecule has 2 rings (SSSR count). The molecule has 23 heavy (non-hydrogen) atoms. The average molecular weight is 329 g/mol. The third kappa shape index (κ3) is 5.34. The van der Waals surface area contributed by atoms with Gasteiger partial charge < -0.3 is 15.5 Å². The number of thiocarbonyl (C=S) groups is 1. The van der Waals surface area contributed by atoms with Gasteiger partial charge in [0.25, 0.3) is 0 Å². The second-order valence-electron chi connectivity index (χ2n) is 6.28. The Bertz CT molecular complexity index is 680. The molecule has 0 heterocycles. The molecule has 0 bridgehead atoms. The van der Waals surface area contributed by atoms with Gasteiger partial charge in [0.1, 0.15) is 6.54 Å². The molecule has 3 nitrogen and oxygen atoms in total. The summed E-state index contributed by atoms with van der Waals surface area (Å²) in [5.41, 5.74) is 6.12. The summed E-state index contributed by atoms with van der Waals surface area (Å²) in [4.78, 5) is 1.41. The highest BCUT2D eigenvalue weighted by Gasteiger charge is 2.06. The van der Waals surface area contributed by atoms with Crippen molar-refractivity contribution in [3.63, 3.8) is 0 Å². The Labute approximate surface area is 144 Å². The number of nitrogens with one attached hydrogen (secondary N) is 3. The minimum atomic E-state index is 0.658. The van der Waals surface area contributed by atoms with Crippen LogP contribution in [0.1, 0.15) is 22.3 Å². The molecule has 0 aromatic heterocycles. The van der Waals surface area contributed by atoms with Crippen molar-refractivity contribution in [1.29, 1.82) is 0 Å². The van der Waals surface area contributed by atoms with E-state index in [9.17, 15) is 0 Å². The molecule has 3 N–H and O–H groups in total. The Kier molecular flexibility index (Phi) is 6.13. The van der Waals surface area contributed by atoms with E-state index in [0.717, 1.165) is 18.8 Å². The molecular weight excluding hydrogens is 302 g/mol. The Hall–Kier alpha value is -1.91. The number of anilines is 1. The van der Waals surface area contributed by atoms with Crippen LogP contribution in [0.2, 0.25) is 0 Å². The fraction of sp³-hybridized carbons (Fsp3) is 0.316. The summed E-state index contributed by atoms with van der Waals surface area (Å²) in [5.74, 6) is 0. The minimum Gasteiger partial charge on any atom is -0.358 e. The Morgan fingerprint density at radius 2 is 1.74 bits per heavy atom. The van der Waals surface area contributed by atoms with Gasteiger partial charge in [-0.05, 0) is 48.8 Å². The predicted molar refractivity (Wildman–Crippen MR) is 102 cm³/mol. The zero-order valence-electron chi connectivity index (χ0n) is 14.4. The fourth-order valence-electron chi connectivity index (χ4n) is 2.50. The first-order valence-corrected chi connectivity index (χ1v) is 8.34. The van der Waals surface area contributed by atoms with Gasteiger partial charge in [-0.3, -0.25) is 0 Å². The number of aryl methyl sites for hydroxylation is 2. The predicted octanol–water partition coefficient (Wildman–Crippen LogP) is 2.43. The number of hydrogen-bond donors (Lipinski definition) is 3. The van der Waals surface area contributed by atoms with Crippen LogP contribution in [0, 0.1) is 13.8 Å². The number of hydrogen-bond acceptors (Lipinski definition) is 1. The van der Waals surface area contributed by atoms with Crippen LogP contribution in [0.4, 0.5) is 5.69 Å². The smallest absolute Gasteiger partial charge is 0.171 e. The van der Waals surface area contributed by atoms with Gasteiger partial charge in [-0.1, -0.05) is 36.4 Å². The minimum absolute atomic E-state index is 0.658. The van der Waals surface area contributed by atoms with E-state index in [1.165, 1.54) is 27.2 Å². The van der Waals surface area contributed by atoms with Crippen molar-refractivity contribution >= 4 is 23.0 Å². The van der Waals surface area contributed by atoms with Crippen LogP contribution in [-0.2, 0) is 13.1 Å². The van der Waals surface area contributed by atoms with Crippen LogP contribution in [-0.4, -0.2) is 19.2 Å². The van der Waals surface area contributed by atoms with Crippen molar-refractivity contribution in [3.05, 3.63) is 64.7 Å². The summed E-state index contributed by atoms with van der Waals surface area (Å²) < 4.78 is 0. The molecule has 0 fully saturated rings. The topological polar surface area (TPSA) is 28.5 Å². The van der Waals surface area contributed by atoms with E-state index in [-0.39, 0.29) is 0 Å². The molecule has 4 heteroatoms. The lowest BCUT2D eigenvalue weighted by molar-refractivity contribution is -0.872. The van der Waals surface area contributed by atoms with Crippen LogP contribution >= 0.6 is 12.2 Å². The molecule has 0 aliphatic rings. The second-order valence-corrected chi connectivity index (χ2v) is 6.69. The monoisotopic (exact) mass is 328 g/mol. The normalized spacial score (nSPS) is 10.7. The lowest BCUT2D eigenvalue weighted by atomic mass is 10.1. The van der Waals surface area contributed by atoms with Gasteiger partial charge >= 0.3 is 0 Å². The third-order valence-corrected chi connectivity index (χ3v) is 3.99. The third-order valence-electron chi connectivity index (χ3n) is 3.74. The maximum atomic E-state index is 5.44. The van der Waals surface area contributed by atoms with Crippen LogP contribution in [0.15, 0.2) is 42.5 Å². The van der Waals surface area contributed by atoms with Crippen LogP contribution in [0.5, 0.6) is 0 Å². The van der Waals surface area contributed by atoms with Gasteiger partial charge in [0, 0.05) is 17.8 Å². The van der Waals surface area contributed by atoms with Crippen LogP contribution < -0.4 is 15.5 Å². The van der Waals surface area contributed by atoms with Gasteiger partial charge in [0.2, 0.25) is 0 Å². The van der Waals surface area contributed by atoms with Gasteiger partial charge in [0.15, 0.2) is 5.11 Å². The van der Waals surface area contributed by atoms with Crippen molar-refractivity contribution in [2.24, 2.45) is 0 Å². The quantitative estimate of drug-likeness (QED) is 0.736. The number of rotatable bonds is 5. The van der Waals surface area contributed by atoms with Gasteiger partial charge in [-0.15, -0.1) is 0 Å². The summed E-state index contributed by atoms with van der Waals surface area (Å²) in [6, 6.07) is 14.8. The van der Waals surface area contributed by atoms with Crippen molar-refractivity contribution in [2.75, 3.05) is 19.4 Å². The molecule has 0 aliphatic heterocycles. The van der Waals surface area contributed by atoms with Crippen LogP contribution in [0.25, 0.3) is 0 Å². The molecular formula is C19H26N3S+. The maximum absolute atomic E-state index is 5.44. The zero-order valence-corrected chi connectivity index (χ0v) is 15.2. The molecule has 0 radical (unpaired) electrons. The Balaban J connectivity index is 1.98. The first-order chi connectivity index (χ1) is 11.0. The van der Waals surface area contributed by atoms with Crippen LogP contribution in [0.3, 0.4) is 0 Å². The van der Waals surface area contributed by atoms with E-state index in [1.54, 1.807) is 0 Å². The van der Waals surface area contributed by atoms with E-state index in [4.69, 9.17) is 12.2 Å². The fourth-order valence-corrected chi connectivity index (χ4v) is 2.68. The summed E-state index contributed by atoms with van der Waals surface area (Å²) >= 11 is 5.44. The number of quaternary nitrogens is 1. The maximum Gasteiger partial charge on any atom is 0.171 e. The lowest BCUT2D eigenvalue weighted by Gasteiger charge is -2.15. The first kappa shape index (κ1) is 17.4.